The lowest BCUT2D eigenvalue weighted by Crippen LogP contribution is -2.46. The standard InChI is InChI=1S/C11H13ClN6O/c1-6-14-9(13)17-10(15-6)18-11(19)16-8-4-2-3-7(12)5-8/h2-5,10H,1H3,(H2,16,18,19)(H3,13,14,15,17). The van der Waals surface area contributed by atoms with Crippen molar-refractivity contribution in [2.75, 3.05) is 5.32 Å². The van der Waals surface area contributed by atoms with Crippen molar-refractivity contribution in [2.45, 2.75) is 13.2 Å². The molecule has 5 N–H and O–H groups in total. The molecule has 1 heterocycles. The molecule has 0 radical (unpaired) electrons. The summed E-state index contributed by atoms with van der Waals surface area (Å²) in [6.45, 7) is 1.73. The monoisotopic (exact) mass is 280 g/mol. The van der Waals surface area contributed by atoms with Crippen molar-refractivity contribution in [2.24, 2.45) is 15.7 Å². The Labute approximate surface area is 114 Å². The third kappa shape index (κ3) is 3.85. The van der Waals surface area contributed by atoms with Gasteiger partial charge in [0.1, 0.15) is 5.84 Å². The van der Waals surface area contributed by atoms with Gasteiger partial charge in [0, 0.05) is 10.7 Å². The summed E-state index contributed by atoms with van der Waals surface area (Å²) in [7, 11) is 0. The fraction of sp³-hybridized carbons (Fsp3) is 0.182. The number of nitrogens with one attached hydrogen (secondary N) is 3. The second-order valence-electron chi connectivity index (χ2n) is 3.84. The second-order valence-corrected chi connectivity index (χ2v) is 4.27. The molecule has 1 aliphatic rings. The molecule has 0 bridgehead atoms. The first-order valence-electron chi connectivity index (χ1n) is 5.51. The van der Waals surface area contributed by atoms with Gasteiger partial charge in [-0.2, -0.15) is 0 Å². The SMILES string of the molecule is CC1=NC(NC(=O)Nc2cccc(Cl)c2)N=C(N)N1. The number of benzene rings is 1. The summed E-state index contributed by atoms with van der Waals surface area (Å²) >= 11 is 5.82. The molecule has 1 aromatic rings. The van der Waals surface area contributed by atoms with Gasteiger partial charge in [-0.1, -0.05) is 17.7 Å². The highest BCUT2D eigenvalue weighted by Crippen LogP contribution is 2.14. The molecule has 0 saturated heterocycles. The van der Waals surface area contributed by atoms with Gasteiger partial charge >= 0.3 is 6.03 Å². The molecule has 7 nitrogen and oxygen atoms in total. The molecule has 0 saturated carbocycles. The quantitative estimate of drug-likeness (QED) is 0.651. The first-order valence-corrected chi connectivity index (χ1v) is 5.88. The summed E-state index contributed by atoms with van der Waals surface area (Å²) in [4.78, 5) is 19.7. The van der Waals surface area contributed by atoms with Gasteiger partial charge in [-0.15, -0.1) is 0 Å². The van der Waals surface area contributed by atoms with Gasteiger partial charge in [0.05, 0.1) is 0 Å². The van der Waals surface area contributed by atoms with Crippen molar-refractivity contribution >= 4 is 35.1 Å². The number of carbonyl (C=O) groups is 1. The third-order valence-electron chi connectivity index (χ3n) is 2.23. The van der Waals surface area contributed by atoms with Gasteiger partial charge in [0.15, 0.2) is 5.96 Å². The number of carbonyl (C=O) groups excluding carboxylic acids is 1. The molecular formula is C11H13ClN6O. The normalized spacial score (nSPS) is 17.9. The van der Waals surface area contributed by atoms with Gasteiger partial charge in [-0.05, 0) is 25.1 Å². The van der Waals surface area contributed by atoms with Crippen LogP contribution in [0.1, 0.15) is 6.92 Å². The number of guanidine groups is 1. The van der Waals surface area contributed by atoms with E-state index in [-0.39, 0.29) is 5.96 Å². The molecule has 0 aromatic heterocycles. The molecule has 2 amide bonds. The summed E-state index contributed by atoms with van der Waals surface area (Å²) in [6, 6.07) is 6.37. The number of nitrogens with two attached hydrogens (primary N) is 1. The van der Waals surface area contributed by atoms with Crippen LogP contribution in [0.3, 0.4) is 0 Å². The molecule has 0 spiro atoms. The molecule has 100 valence electrons. The smallest absolute Gasteiger partial charge is 0.322 e. The predicted octanol–water partition coefficient (Wildman–Crippen LogP) is 1.08. The number of aliphatic imine (C=N–C) groups is 2. The summed E-state index contributed by atoms with van der Waals surface area (Å²) in [5.74, 6) is 0.793. The van der Waals surface area contributed by atoms with E-state index in [0.717, 1.165) is 0 Å². The van der Waals surface area contributed by atoms with E-state index < -0.39 is 12.3 Å². The maximum Gasteiger partial charge on any atom is 0.322 e. The van der Waals surface area contributed by atoms with Crippen LogP contribution in [0, 0.1) is 0 Å². The van der Waals surface area contributed by atoms with Crippen molar-refractivity contribution in [1.82, 2.24) is 10.6 Å². The Kier molecular flexibility index (Phi) is 3.86. The highest BCUT2D eigenvalue weighted by Gasteiger charge is 2.14. The van der Waals surface area contributed by atoms with Gasteiger partial charge in [0.2, 0.25) is 6.29 Å². The topological polar surface area (TPSA) is 104 Å². The van der Waals surface area contributed by atoms with E-state index in [1.165, 1.54) is 0 Å². The lowest BCUT2D eigenvalue weighted by Gasteiger charge is -2.18. The number of nitrogens with zero attached hydrogens (tertiary/aromatic N) is 2. The zero-order valence-corrected chi connectivity index (χ0v) is 10.9. The lowest BCUT2D eigenvalue weighted by atomic mass is 10.3. The molecular weight excluding hydrogens is 268 g/mol. The Bertz CT molecular complexity index is 538. The zero-order chi connectivity index (χ0) is 13.8. The summed E-state index contributed by atoms with van der Waals surface area (Å²) in [5, 5.41) is 8.45. The van der Waals surface area contributed by atoms with E-state index in [9.17, 15) is 4.79 Å². The minimum Gasteiger partial charge on any atom is -0.370 e. The van der Waals surface area contributed by atoms with Gasteiger partial charge < -0.3 is 16.4 Å². The van der Waals surface area contributed by atoms with Crippen molar-refractivity contribution in [3.05, 3.63) is 29.3 Å². The number of anilines is 1. The van der Waals surface area contributed by atoms with Crippen LogP contribution in [-0.4, -0.2) is 24.1 Å². The lowest BCUT2D eigenvalue weighted by molar-refractivity contribution is 0.249. The van der Waals surface area contributed by atoms with Crippen LogP contribution < -0.4 is 21.7 Å². The molecule has 1 atom stereocenters. The number of halogens is 1. The van der Waals surface area contributed by atoms with Gasteiger partial charge in [0.25, 0.3) is 0 Å². The molecule has 8 heteroatoms. The molecule has 0 aliphatic carbocycles. The Hall–Kier alpha value is -2.28. The van der Waals surface area contributed by atoms with Crippen LogP contribution in [0.2, 0.25) is 5.02 Å². The van der Waals surface area contributed by atoms with Crippen LogP contribution >= 0.6 is 11.6 Å². The van der Waals surface area contributed by atoms with E-state index in [0.29, 0.717) is 16.5 Å². The van der Waals surface area contributed by atoms with Crippen LogP contribution in [0.15, 0.2) is 34.3 Å². The first-order chi connectivity index (χ1) is 9.02. The van der Waals surface area contributed by atoms with E-state index in [1.807, 2.05) is 0 Å². The number of hydrogen-bond donors (Lipinski definition) is 4. The van der Waals surface area contributed by atoms with Crippen LogP contribution in [0.4, 0.5) is 10.5 Å². The Balaban J connectivity index is 1.96. The summed E-state index contributed by atoms with van der Waals surface area (Å²) in [6.07, 6.45) is -0.736. The fourth-order valence-corrected chi connectivity index (χ4v) is 1.70. The van der Waals surface area contributed by atoms with Crippen molar-refractivity contribution in [1.29, 1.82) is 0 Å². The molecule has 0 fully saturated rings. The highest BCUT2D eigenvalue weighted by molar-refractivity contribution is 6.30. The molecule has 1 unspecified atom stereocenters. The minimum atomic E-state index is -0.736. The predicted molar refractivity (Wildman–Crippen MR) is 75.3 cm³/mol. The van der Waals surface area contributed by atoms with Crippen molar-refractivity contribution in [3.63, 3.8) is 0 Å². The van der Waals surface area contributed by atoms with E-state index >= 15 is 0 Å². The maximum atomic E-state index is 11.7. The van der Waals surface area contributed by atoms with E-state index in [4.69, 9.17) is 17.3 Å². The number of amides is 2. The van der Waals surface area contributed by atoms with Gasteiger partial charge in [-0.3, -0.25) is 5.32 Å². The summed E-state index contributed by atoms with van der Waals surface area (Å²) in [5.41, 5.74) is 6.11. The highest BCUT2D eigenvalue weighted by atomic mass is 35.5. The van der Waals surface area contributed by atoms with Gasteiger partial charge in [-0.25, -0.2) is 14.8 Å². The summed E-state index contributed by atoms with van der Waals surface area (Å²) < 4.78 is 0. The largest absolute Gasteiger partial charge is 0.370 e. The number of urea groups is 1. The Morgan fingerprint density at radius 1 is 1.47 bits per heavy atom. The van der Waals surface area contributed by atoms with Crippen LogP contribution in [-0.2, 0) is 0 Å². The number of amidine groups is 1. The average molecular weight is 281 g/mol. The fourth-order valence-electron chi connectivity index (χ4n) is 1.51. The molecule has 1 aromatic carbocycles. The maximum absolute atomic E-state index is 11.7. The first kappa shape index (κ1) is 13.2. The minimum absolute atomic E-state index is 0.209. The Morgan fingerprint density at radius 2 is 2.26 bits per heavy atom. The molecule has 19 heavy (non-hydrogen) atoms. The molecule has 2 rings (SSSR count). The third-order valence-corrected chi connectivity index (χ3v) is 2.46. The number of hydrogen-bond acceptors (Lipinski definition) is 5. The van der Waals surface area contributed by atoms with Crippen LogP contribution in [0.5, 0.6) is 0 Å². The average Bonchev–Trinajstić information content (AvgIpc) is 2.26. The Morgan fingerprint density at radius 3 is 2.95 bits per heavy atom. The molecule has 1 aliphatic heterocycles. The number of rotatable bonds is 2. The van der Waals surface area contributed by atoms with Crippen molar-refractivity contribution < 1.29 is 4.79 Å². The van der Waals surface area contributed by atoms with E-state index in [1.54, 1.807) is 31.2 Å². The zero-order valence-electron chi connectivity index (χ0n) is 10.1. The van der Waals surface area contributed by atoms with E-state index in [2.05, 4.69) is 25.9 Å². The van der Waals surface area contributed by atoms with Crippen molar-refractivity contribution in [3.8, 4) is 0 Å². The van der Waals surface area contributed by atoms with Crippen LogP contribution in [0.25, 0.3) is 0 Å². The second kappa shape index (κ2) is 5.57.